The van der Waals surface area contributed by atoms with Crippen LogP contribution in [0.3, 0.4) is 0 Å². The first-order chi connectivity index (χ1) is 6.74. The summed E-state index contributed by atoms with van der Waals surface area (Å²) >= 11 is 0. The lowest BCUT2D eigenvalue weighted by molar-refractivity contribution is -0.115. The molecule has 1 aromatic carbocycles. The van der Waals surface area contributed by atoms with Crippen LogP contribution in [0.1, 0.15) is 19.4 Å². The van der Waals surface area contributed by atoms with E-state index in [0.29, 0.717) is 6.61 Å². The zero-order chi connectivity index (χ0) is 10.4. The van der Waals surface area contributed by atoms with E-state index in [1.165, 1.54) is 0 Å². The summed E-state index contributed by atoms with van der Waals surface area (Å²) in [6, 6.07) is 9.95. The van der Waals surface area contributed by atoms with Gasteiger partial charge in [-0.3, -0.25) is 0 Å². The lowest BCUT2D eigenvalue weighted by Crippen LogP contribution is -2.18. The van der Waals surface area contributed by atoms with Gasteiger partial charge >= 0.3 is 0 Å². The lowest BCUT2D eigenvalue weighted by atomic mass is 10.1. The van der Waals surface area contributed by atoms with Crippen LogP contribution in [-0.2, 0) is 16.1 Å². The average molecular weight is 192 g/mol. The van der Waals surface area contributed by atoms with Crippen molar-refractivity contribution >= 4 is 6.29 Å². The van der Waals surface area contributed by atoms with Gasteiger partial charge in [0.05, 0.1) is 12.7 Å². The van der Waals surface area contributed by atoms with E-state index in [2.05, 4.69) is 0 Å². The number of benzene rings is 1. The monoisotopic (exact) mass is 192 g/mol. The van der Waals surface area contributed by atoms with Crippen molar-refractivity contribution < 1.29 is 9.53 Å². The molecule has 0 spiro atoms. The molecular weight excluding hydrogens is 176 g/mol. The molecule has 0 amide bonds. The molecule has 0 aliphatic heterocycles. The van der Waals surface area contributed by atoms with Gasteiger partial charge in [0.1, 0.15) is 6.29 Å². The van der Waals surface area contributed by atoms with Crippen LogP contribution in [0.15, 0.2) is 30.3 Å². The van der Waals surface area contributed by atoms with Gasteiger partial charge < -0.3 is 9.53 Å². The van der Waals surface area contributed by atoms with Crippen LogP contribution in [-0.4, -0.2) is 12.4 Å². The third-order valence-electron chi connectivity index (χ3n) is 2.31. The number of carbonyl (C=O) groups is 1. The topological polar surface area (TPSA) is 26.3 Å². The van der Waals surface area contributed by atoms with Gasteiger partial charge in [0.15, 0.2) is 0 Å². The molecule has 1 aromatic rings. The van der Waals surface area contributed by atoms with Crippen molar-refractivity contribution in [1.29, 1.82) is 0 Å². The molecule has 0 saturated carbocycles. The first-order valence-corrected chi connectivity index (χ1v) is 4.85. The maximum absolute atomic E-state index is 10.5. The van der Waals surface area contributed by atoms with Crippen molar-refractivity contribution in [1.82, 2.24) is 0 Å². The van der Waals surface area contributed by atoms with Gasteiger partial charge in [0.25, 0.3) is 0 Å². The number of rotatable bonds is 5. The van der Waals surface area contributed by atoms with Gasteiger partial charge in [-0.2, -0.15) is 0 Å². The molecule has 2 atom stereocenters. The molecule has 0 saturated heterocycles. The Hall–Kier alpha value is -1.15. The molecule has 0 heterocycles. The summed E-state index contributed by atoms with van der Waals surface area (Å²) in [6.45, 7) is 4.35. The molecule has 76 valence electrons. The van der Waals surface area contributed by atoms with E-state index in [1.807, 2.05) is 44.2 Å². The second-order valence-corrected chi connectivity index (χ2v) is 3.50. The molecule has 0 aromatic heterocycles. The van der Waals surface area contributed by atoms with Gasteiger partial charge in [0.2, 0.25) is 0 Å². The summed E-state index contributed by atoms with van der Waals surface area (Å²) in [5.41, 5.74) is 1.14. The van der Waals surface area contributed by atoms with E-state index in [0.717, 1.165) is 11.8 Å². The van der Waals surface area contributed by atoms with Crippen LogP contribution < -0.4 is 0 Å². The van der Waals surface area contributed by atoms with E-state index < -0.39 is 0 Å². The molecule has 0 aliphatic carbocycles. The van der Waals surface area contributed by atoms with Crippen LogP contribution in [0.25, 0.3) is 0 Å². The van der Waals surface area contributed by atoms with Crippen LogP contribution in [0.4, 0.5) is 0 Å². The fraction of sp³-hybridized carbons (Fsp3) is 0.417. The van der Waals surface area contributed by atoms with Gasteiger partial charge in [-0.25, -0.2) is 0 Å². The first kappa shape index (κ1) is 10.9. The highest BCUT2D eigenvalue weighted by atomic mass is 16.5. The minimum absolute atomic E-state index is 0.0206. The number of ether oxygens (including phenoxy) is 1. The third kappa shape index (κ3) is 3.30. The van der Waals surface area contributed by atoms with Crippen molar-refractivity contribution in [3.05, 3.63) is 35.9 Å². The van der Waals surface area contributed by atoms with Crippen molar-refractivity contribution in [2.24, 2.45) is 5.92 Å². The smallest absolute Gasteiger partial charge is 0.125 e. The number of hydrogen-bond acceptors (Lipinski definition) is 2. The highest BCUT2D eigenvalue weighted by Crippen LogP contribution is 2.08. The highest BCUT2D eigenvalue weighted by molar-refractivity contribution is 5.53. The summed E-state index contributed by atoms with van der Waals surface area (Å²) in [5, 5.41) is 0. The standard InChI is InChI=1S/C12H16O2/c1-10(8-13)11(2)14-9-12-6-4-3-5-7-12/h3-8,10-11H,9H2,1-2H3/t10-,11+/m1/s1. The summed E-state index contributed by atoms with van der Waals surface area (Å²) in [4.78, 5) is 10.5. The maximum atomic E-state index is 10.5. The molecular formula is C12H16O2. The van der Waals surface area contributed by atoms with Gasteiger partial charge in [0, 0.05) is 5.92 Å². The van der Waals surface area contributed by atoms with Gasteiger partial charge in [-0.1, -0.05) is 37.3 Å². The first-order valence-electron chi connectivity index (χ1n) is 4.85. The van der Waals surface area contributed by atoms with Crippen molar-refractivity contribution in [2.45, 2.75) is 26.6 Å². The molecule has 0 bridgehead atoms. The fourth-order valence-corrected chi connectivity index (χ4v) is 1.06. The molecule has 2 heteroatoms. The van der Waals surface area contributed by atoms with Crippen LogP contribution in [0.5, 0.6) is 0 Å². The molecule has 0 aliphatic rings. The van der Waals surface area contributed by atoms with Crippen molar-refractivity contribution in [3.8, 4) is 0 Å². The molecule has 2 nitrogen and oxygen atoms in total. The second kappa shape index (κ2) is 5.55. The Labute approximate surface area is 84.9 Å². The molecule has 0 radical (unpaired) electrons. The van der Waals surface area contributed by atoms with E-state index in [4.69, 9.17) is 4.74 Å². The van der Waals surface area contributed by atoms with Crippen LogP contribution in [0, 0.1) is 5.92 Å². The highest BCUT2D eigenvalue weighted by Gasteiger charge is 2.10. The fourth-order valence-electron chi connectivity index (χ4n) is 1.06. The molecule has 0 unspecified atom stereocenters. The summed E-state index contributed by atoms with van der Waals surface area (Å²) < 4.78 is 5.55. The third-order valence-corrected chi connectivity index (χ3v) is 2.31. The lowest BCUT2D eigenvalue weighted by Gasteiger charge is -2.15. The second-order valence-electron chi connectivity index (χ2n) is 3.50. The normalized spacial score (nSPS) is 14.7. The SMILES string of the molecule is C[C@H](C=O)[C@H](C)OCc1ccccc1. The minimum Gasteiger partial charge on any atom is -0.373 e. The Morgan fingerprint density at radius 1 is 1.29 bits per heavy atom. The molecule has 0 fully saturated rings. The van der Waals surface area contributed by atoms with Gasteiger partial charge in [-0.15, -0.1) is 0 Å². The van der Waals surface area contributed by atoms with Crippen molar-refractivity contribution in [3.63, 3.8) is 0 Å². The number of aldehydes is 1. The molecule has 14 heavy (non-hydrogen) atoms. The molecule has 1 rings (SSSR count). The van der Waals surface area contributed by atoms with E-state index >= 15 is 0 Å². The largest absolute Gasteiger partial charge is 0.373 e. The summed E-state index contributed by atoms with van der Waals surface area (Å²) in [6.07, 6.45) is 0.906. The van der Waals surface area contributed by atoms with E-state index in [-0.39, 0.29) is 12.0 Å². The number of hydrogen-bond donors (Lipinski definition) is 0. The summed E-state index contributed by atoms with van der Waals surface area (Å²) in [7, 11) is 0. The Bertz CT molecular complexity index is 269. The number of carbonyl (C=O) groups excluding carboxylic acids is 1. The van der Waals surface area contributed by atoms with Crippen LogP contribution >= 0.6 is 0 Å². The predicted molar refractivity (Wildman–Crippen MR) is 55.9 cm³/mol. The maximum Gasteiger partial charge on any atom is 0.125 e. The van der Waals surface area contributed by atoms with Crippen LogP contribution in [0.2, 0.25) is 0 Å². The van der Waals surface area contributed by atoms with Gasteiger partial charge in [-0.05, 0) is 12.5 Å². The Balaban J connectivity index is 2.37. The van der Waals surface area contributed by atoms with E-state index in [1.54, 1.807) is 0 Å². The Morgan fingerprint density at radius 2 is 1.93 bits per heavy atom. The Morgan fingerprint density at radius 3 is 2.50 bits per heavy atom. The Kier molecular flexibility index (Phi) is 4.33. The average Bonchev–Trinajstić information content (AvgIpc) is 2.26. The minimum atomic E-state index is -0.0429. The predicted octanol–water partition coefficient (Wildman–Crippen LogP) is 2.43. The van der Waals surface area contributed by atoms with Crippen molar-refractivity contribution in [2.75, 3.05) is 0 Å². The van der Waals surface area contributed by atoms with E-state index in [9.17, 15) is 4.79 Å². The quantitative estimate of drug-likeness (QED) is 0.670. The molecule has 0 N–H and O–H groups in total. The summed E-state index contributed by atoms with van der Waals surface area (Å²) in [5.74, 6) is -0.0429. The zero-order valence-corrected chi connectivity index (χ0v) is 8.64. The zero-order valence-electron chi connectivity index (χ0n) is 8.64.